The van der Waals surface area contributed by atoms with Crippen molar-refractivity contribution in [2.75, 3.05) is 0 Å². The maximum atomic E-state index is 14.8. The first kappa shape index (κ1) is 18.5. The summed E-state index contributed by atoms with van der Waals surface area (Å²) in [6.45, 7) is 0.550. The van der Waals surface area contributed by atoms with E-state index in [1.165, 1.54) is 17.4 Å². The minimum atomic E-state index is -0.278. The molecule has 0 saturated carbocycles. The fourth-order valence-corrected chi connectivity index (χ4v) is 5.51. The fraction of sp³-hybridized carbons (Fsp3) is 0.364. The number of rotatable bonds is 5. The highest BCUT2D eigenvalue weighted by molar-refractivity contribution is 7.20. The number of nitrogens with zero attached hydrogens (tertiary/aromatic N) is 2. The van der Waals surface area contributed by atoms with Crippen molar-refractivity contribution in [3.05, 3.63) is 53.8 Å². The van der Waals surface area contributed by atoms with Gasteiger partial charge in [-0.05, 0) is 43.9 Å². The van der Waals surface area contributed by atoms with Gasteiger partial charge in [0.15, 0.2) is 0 Å². The Balaban J connectivity index is 1.29. The number of carbonyl (C=O) groups is 1. The largest absolute Gasteiger partial charge is 0.431 e. The minimum Gasteiger partial charge on any atom is -0.431 e. The number of benzene rings is 2. The van der Waals surface area contributed by atoms with Gasteiger partial charge in [0.05, 0.1) is 10.2 Å². The topological polar surface area (TPSA) is 68.5 Å². The lowest BCUT2D eigenvalue weighted by atomic mass is 9.90. The van der Waals surface area contributed by atoms with Crippen LogP contribution in [0.4, 0.5) is 4.39 Å². The zero-order valence-electron chi connectivity index (χ0n) is 15.9. The summed E-state index contributed by atoms with van der Waals surface area (Å²) >= 11 is 1.44. The third kappa shape index (κ3) is 3.60. The Morgan fingerprint density at radius 1 is 1.21 bits per heavy atom. The molecule has 0 radical (unpaired) electrons. The second-order valence-corrected chi connectivity index (χ2v) is 8.92. The van der Waals surface area contributed by atoms with Gasteiger partial charge in [-0.15, -0.1) is 0 Å². The van der Waals surface area contributed by atoms with Gasteiger partial charge in [0, 0.05) is 36.2 Å². The molecule has 2 atom stereocenters. The number of aromatic nitrogens is 1. The first-order valence-corrected chi connectivity index (χ1v) is 10.8. The summed E-state index contributed by atoms with van der Waals surface area (Å²) in [4.78, 5) is 18.3. The van der Waals surface area contributed by atoms with Gasteiger partial charge >= 0.3 is 0 Å². The normalized spacial score (nSPS) is 24.1. The van der Waals surface area contributed by atoms with E-state index >= 15 is 0 Å². The van der Waals surface area contributed by atoms with Gasteiger partial charge in [0.2, 0.25) is 5.91 Å². The quantitative estimate of drug-likeness (QED) is 0.673. The number of ether oxygens (including phenoxy) is 1. The molecule has 1 aromatic heterocycles. The first-order chi connectivity index (χ1) is 14.1. The fourth-order valence-electron chi connectivity index (χ4n) is 4.68. The van der Waals surface area contributed by atoms with Crippen LogP contribution >= 0.6 is 11.3 Å². The van der Waals surface area contributed by atoms with Crippen LogP contribution in [0.1, 0.15) is 31.2 Å². The SMILES string of the molecule is NC(=O)C1CC2CCC(C1)N2Cc1ccc(Oc2nc3ccccc3s2)cc1F. The minimum absolute atomic E-state index is 0.0433. The third-order valence-corrected chi connectivity index (χ3v) is 7.06. The van der Waals surface area contributed by atoms with Gasteiger partial charge in [-0.3, -0.25) is 9.69 Å². The van der Waals surface area contributed by atoms with Crippen molar-refractivity contribution in [2.24, 2.45) is 11.7 Å². The molecule has 3 heterocycles. The zero-order chi connectivity index (χ0) is 20.0. The summed E-state index contributed by atoms with van der Waals surface area (Å²) in [6, 6.07) is 13.4. The van der Waals surface area contributed by atoms with Gasteiger partial charge in [-0.25, -0.2) is 9.37 Å². The maximum absolute atomic E-state index is 14.8. The molecule has 2 aliphatic rings. The van der Waals surface area contributed by atoms with E-state index in [0.29, 0.717) is 35.1 Å². The van der Waals surface area contributed by atoms with Crippen molar-refractivity contribution in [3.8, 4) is 10.9 Å². The molecule has 2 fully saturated rings. The number of halogens is 1. The number of hydrogen-bond donors (Lipinski definition) is 1. The van der Waals surface area contributed by atoms with Crippen LogP contribution < -0.4 is 10.5 Å². The smallest absolute Gasteiger partial charge is 0.279 e. The molecule has 2 N–H and O–H groups in total. The van der Waals surface area contributed by atoms with Crippen LogP contribution in [0.25, 0.3) is 10.2 Å². The van der Waals surface area contributed by atoms with E-state index in [0.717, 1.165) is 35.9 Å². The Labute approximate surface area is 172 Å². The second-order valence-electron chi connectivity index (χ2n) is 7.93. The molecule has 1 amide bonds. The van der Waals surface area contributed by atoms with E-state index < -0.39 is 0 Å². The Morgan fingerprint density at radius 3 is 2.66 bits per heavy atom. The molecule has 2 bridgehead atoms. The molecule has 0 aliphatic carbocycles. The lowest BCUT2D eigenvalue weighted by Gasteiger charge is -2.38. The molecule has 2 saturated heterocycles. The number of amides is 1. The first-order valence-electron chi connectivity index (χ1n) is 9.94. The summed E-state index contributed by atoms with van der Waals surface area (Å²) < 4.78 is 21.6. The number of carbonyl (C=O) groups excluding carboxylic acids is 1. The maximum Gasteiger partial charge on any atom is 0.279 e. The highest BCUT2D eigenvalue weighted by Crippen LogP contribution is 2.40. The van der Waals surface area contributed by atoms with E-state index in [-0.39, 0.29) is 17.6 Å². The highest BCUT2D eigenvalue weighted by Gasteiger charge is 2.42. The summed E-state index contributed by atoms with van der Waals surface area (Å²) in [5, 5.41) is 0.505. The standard InChI is InChI=1S/C22H22FN3O2S/c23-18-11-17(28-22-25-19-3-1-2-4-20(19)29-22)8-5-13(18)12-26-15-6-7-16(26)10-14(9-15)21(24)27/h1-5,8,11,14-16H,6-7,9-10,12H2,(H2,24,27). The molecular formula is C22H22FN3O2S. The molecule has 7 heteroatoms. The van der Waals surface area contributed by atoms with Gasteiger partial charge in [0.1, 0.15) is 11.6 Å². The van der Waals surface area contributed by atoms with Gasteiger partial charge < -0.3 is 10.5 Å². The van der Waals surface area contributed by atoms with Crippen LogP contribution in [-0.2, 0) is 11.3 Å². The number of piperidine rings is 1. The number of thiazole rings is 1. The number of fused-ring (bicyclic) bond motifs is 3. The van der Waals surface area contributed by atoms with Crippen LogP contribution in [0.2, 0.25) is 0 Å². The van der Waals surface area contributed by atoms with Gasteiger partial charge in [-0.1, -0.05) is 29.5 Å². The summed E-state index contributed by atoms with van der Waals surface area (Å²) in [6.07, 6.45) is 3.67. The average Bonchev–Trinajstić information content (AvgIpc) is 3.19. The summed E-state index contributed by atoms with van der Waals surface area (Å²) in [7, 11) is 0. The van der Waals surface area contributed by atoms with Crippen molar-refractivity contribution in [3.63, 3.8) is 0 Å². The highest BCUT2D eigenvalue weighted by atomic mass is 32.1. The van der Waals surface area contributed by atoms with E-state index in [4.69, 9.17) is 10.5 Å². The van der Waals surface area contributed by atoms with Crippen LogP contribution in [0.5, 0.6) is 10.9 Å². The van der Waals surface area contributed by atoms with Crippen LogP contribution in [0.15, 0.2) is 42.5 Å². The number of para-hydroxylation sites is 1. The molecular weight excluding hydrogens is 389 g/mol. The van der Waals surface area contributed by atoms with Crippen molar-refractivity contribution < 1.29 is 13.9 Å². The Kier molecular flexibility index (Phi) is 4.72. The predicted octanol–water partition coefficient (Wildman–Crippen LogP) is 4.46. The Bertz CT molecular complexity index is 1020. The van der Waals surface area contributed by atoms with Crippen molar-refractivity contribution in [2.45, 2.75) is 44.3 Å². The van der Waals surface area contributed by atoms with E-state index in [1.54, 1.807) is 12.1 Å². The number of primary amides is 1. The lowest BCUT2D eigenvalue weighted by molar-refractivity contribution is -0.124. The van der Waals surface area contributed by atoms with Crippen LogP contribution in [0, 0.1) is 11.7 Å². The summed E-state index contributed by atoms with van der Waals surface area (Å²) in [5.74, 6) is -0.0805. The summed E-state index contributed by atoms with van der Waals surface area (Å²) in [5.41, 5.74) is 7.03. The van der Waals surface area contributed by atoms with Crippen molar-refractivity contribution in [1.82, 2.24) is 9.88 Å². The Morgan fingerprint density at radius 2 is 1.97 bits per heavy atom. The molecule has 5 rings (SSSR count). The van der Waals surface area contributed by atoms with E-state index in [1.807, 2.05) is 24.3 Å². The van der Waals surface area contributed by atoms with Crippen molar-refractivity contribution >= 4 is 27.5 Å². The van der Waals surface area contributed by atoms with Gasteiger partial charge in [-0.2, -0.15) is 0 Å². The molecule has 2 unspecified atom stereocenters. The molecule has 2 aromatic carbocycles. The lowest BCUT2D eigenvalue weighted by Crippen LogP contribution is -2.45. The molecule has 150 valence electrons. The molecule has 0 spiro atoms. The van der Waals surface area contributed by atoms with Crippen molar-refractivity contribution in [1.29, 1.82) is 0 Å². The monoisotopic (exact) mass is 411 g/mol. The average molecular weight is 412 g/mol. The number of hydrogen-bond acceptors (Lipinski definition) is 5. The molecule has 5 nitrogen and oxygen atoms in total. The van der Waals surface area contributed by atoms with Gasteiger partial charge in [0.25, 0.3) is 5.19 Å². The third-order valence-electron chi connectivity index (χ3n) is 6.14. The Hall–Kier alpha value is -2.51. The zero-order valence-corrected chi connectivity index (χ0v) is 16.7. The van der Waals surface area contributed by atoms with Crippen LogP contribution in [0.3, 0.4) is 0 Å². The molecule has 3 aromatic rings. The van der Waals surface area contributed by atoms with Crippen LogP contribution in [-0.4, -0.2) is 27.9 Å². The second kappa shape index (κ2) is 7.39. The van der Waals surface area contributed by atoms with E-state index in [9.17, 15) is 9.18 Å². The number of nitrogens with two attached hydrogens (primary N) is 1. The molecule has 29 heavy (non-hydrogen) atoms. The predicted molar refractivity (Wildman–Crippen MR) is 110 cm³/mol. The van der Waals surface area contributed by atoms with E-state index in [2.05, 4.69) is 9.88 Å². The molecule has 2 aliphatic heterocycles.